The maximum Gasteiger partial charge on any atom is 0.244 e. The molecule has 0 unspecified atom stereocenters. The Morgan fingerprint density at radius 3 is 2.58 bits per heavy atom. The van der Waals surface area contributed by atoms with Crippen LogP contribution in [0.15, 0.2) is 29.2 Å². The molecule has 2 heterocycles. The van der Waals surface area contributed by atoms with Gasteiger partial charge in [-0.3, -0.25) is 0 Å². The summed E-state index contributed by atoms with van der Waals surface area (Å²) in [6.07, 6.45) is 1.76. The molecule has 1 aromatic carbocycles. The van der Waals surface area contributed by atoms with E-state index in [1.165, 1.54) is 16.4 Å². The smallest absolute Gasteiger partial charge is 0.244 e. The molecule has 134 valence electrons. The molecule has 2 fully saturated rings. The Kier molecular flexibility index (Phi) is 5.22. The molecule has 2 atom stereocenters. The summed E-state index contributed by atoms with van der Waals surface area (Å²) in [5.74, 6) is -0.138. The van der Waals surface area contributed by atoms with E-state index in [9.17, 15) is 16.8 Å². The van der Waals surface area contributed by atoms with Gasteiger partial charge in [-0.25, -0.2) is 16.8 Å². The fourth-order valence-corrected chi connectivity index (χ4v) is 7.22. The second-order valence-corrected chi connectivity index (χ2v) is 10.7. The molecule has 0 aromatic heterocycles. The van der Waals surface area contributed by atoms with Crippen molar-refractivity contribution in [2.75, 3.05) is 24.7 Å². The van der Waals surface area contributed by atoms with Crippen LogP contribution in [0.2, 0.25) is 5.02 Å². The first kappa shape index (κ1) is 18.1. The first-order valence-corrected chi connectivity index (χ1v) is 11.5. The van der Waals surface area contributed by atoms with E-state index in [0.717, 1.165) is 12.8 Å². The van der Waals surface area contributed by atoms with Crippen molar-refractivity contribution < 1.29 is 21.6 Å². The van der Waals surface area contributed by atoms with Crippen molar-refractivity contribution in [1.29, 1.82) is 0 Å². The van der Waals surface area contributed by atoms with Crippen LogP contribution in [-0.4, -0.2) is 57.9 Å². The molecule has 6 nitrogen and oxygen atoms in total. The van der Waals surface area contributed by atoms with Crippen LogP contribution >= 0.6 is 11.6 Å². The van der Waals surface area contributed by atoms with E-state index < -0.39 is 25.9 Å². The Balaban J connectivity index is 1.95. The van der Waals surface area contributed by atoms with E-state index in [0.29, 0.717) is 13.0 Å². The van der Waals surface area contributed by atoms with Crippen molar-refractivity contribution in [3.63, 3.8) is 0 Å². The largest absolute Gasteiger partial charge is 0.377 e. The molecule has 0 N–H and O–H groups in total. The number of hydrogen-bond donors (Lipinski definition) is 0. The number of nitrogens with zero attached hydrogens (tertiary/aromatic N) is 1. The lowest BCUT2D eigenvalue weighted by atomic mass is 10.2. The predicted molar refractivity (Wildman–Crippen MR) is 91.4 cm³/mol. The third kappa shape index (κ3) is 3.77. The SMILES string of the molecule is O=S1(=O)CC[C@@H](N(C[C@H]2CCCO2)S(=O)(=O)c2ccccc2Cl)C1. The van der Waals surface area contributed by atoms with E-state index in [4.69, 9.17) is 16.3 Å². The monoisotopic (exact) mass is 393 g/mol. The summed E-state index contributed by atoms with van der Waals surface area (Å²) in [6, 6.07) is 5.66. The third-order valence-electron chi connectivity index (χ3n) is 4.45. The van der Waals surface area contributed by atoms with Crippen LogP contribution in [-0.2, 0) is 24.6 Å². The summed E-state index contributed by atoms with van der Waals surface area (Å²) in [7, 11) is -7.10. The molecule has 0 saturated carbocycles. The van der Waals surface area contributed by atoms with Crippen LogP contribution < -0.4 is 0 Å². The summed E-state index contributed by atoms with van der Waals surface area (Å²) in [4.78, 5) is 0.00830. The van der Waals surface area contributed by atoms with Crippen LogP contribution in [0.25, 0.3) is 0 Å². The summed E-state index contributed by atoms with van der Waals surface area (Å²) < 4.78 is 56.8. The van der Waals surface area contributed by atoms with Crippen LogP contribution in [0.3, 0.4) is 0 Å². The molecular weight excluding hydrogens is 374 g/mol. The Bertz CT molecular complexity index is 803. The quantitative estimate of drug-likeness (QED) is 0.760. The number of benzene rings is 1. The molecule has 0 spiro atoms. The fourth-order valence-electron chi connectivity index (χ4n) is 3.22. The molecule has 2 saturated heterocycles. The van der Waals surface area contributed by atoms with Gasteiger partial charge in [-0.05, 0) is 31.4 Å². The number of ether oxygens (including phenoxy) is 1. The van der Waals surface area contributed by atoms with E-state index in [1.54, 1.807) is 12.1 Å². The van der Waals surface area contributed by atoms with Crippen molar-refractivity contribution in [2.45, 2.75) is 36.3 Å². The van der Waals surface area contributed by atoms with Gasteiger partial charge >= 0.3 is 0 Å². The van der Waals surface area contributed by atoms with Gasteiger partial charge in [-0.15, -0.1) is 0 Å². The maximum absolute atomic E-state index is 13.1. The van der Waals surface area contributed by atoms with Crippen molar-refractivity contribution in [1.82, 2.24) is 4.31 Å². The van der Waals surface area contributed by atoms with E-state index in [-0.39, 0.29) is 34.1 Å². The van der Waals surface area contributed by atoms with E-state index >= 15 is 0 Å². The summed E-state index contributed by atoms with van der Waals surface area (Å²) in [5, 5.41) is 0.135. The standard InChI is InChI=1S/C15H20ClNO5S2/c16-14-5-1-2-6-15(14)24(20,21)17(10-13-4-3-8-22-13)12-7-9-23(18,19)11-12/h1-2,5-6,12-13H,3-4,7-11H2/t12-,13-/m1/s1. The average molecular weight is 394 g/mol. The minimum absolute atomic E-state index is 0.00830. The predicted octanol–water partition coefficient (Wildman–Crippen LogP) is 1.70. The fraction of sp³-hybridized carbons (Fsp3) is 0.600. The van der Waals surface area contributed by atoms with Gasteiger partial charge in [-0.1, -0.05) is 23.7 Å². The van der Waals surface area contributed by atoms with Gasteiger partial charge in [0.15, 0.2) is 9.84 Å². The minimum atomic E-state index is -3.90. The van der Waals surface area contributed by atoms with Gasteiger partial charge < -0.3 is 4.74 Å². The highest BCUT2D eigenvalue weighted by Gasteiger charge is 2.40. The molecule has 0 amide bonds. The topological polar surface area (TPSA) is 80.8 Å². The zero-order valence-corrected chi connectivity index (χ0v) is 15.5. The van der Waals surface area contributed by atoms with Gasteiger partial charge in [0.25, 0.3) is 0 Å². The number of rotatable bonds is 5. The lowest BCUT2D eigenvalue weighted by molar-refractivity contribution is 0.0877. The molecular formula is C15H20ClNO5S2. The van der Waals surface area contributed by atoms with Gasteiger partial charge in [-0.2, -0.15) is 4.31 Å². The normalized spacial score (nSPS) is 26.9. The highest BCUT2D eigenvalue weighted by molar-refractivity contribution is 7.92. The van der Waals surface area contributed by atoms with Gasteiger partial charge in [0.05, 0.1) is 22.6 Å². The Labute approximate surface area is 147 Å². The lowest BCUT2D eigenvalue weighted by Gasteiger charge is -2.29. The Hall–Kier alpha value is -0.670. The number of sulfonamides is 1. The lowest BCUT2D eigenvalue weighted by Crippen LogP contribution is -2.45. The molecule has 0 bridgehead atoms. The van der Waals surface area contributed by atoms with E-state index in [1.807, 2.05) is 0 Å². The Morgan fingerprint density at radius 2 is 2.00 bits per heavy atom. The highest BCUT2D eigenvalue weighted by atomic mass is 35.5. The van der Waals surface area contributed by atoms with Crippen molar-refractivity contribution in [3.8, 4) is 0 Å². The van der Waals surface area contributed by atoms with Crippen LogP contribution in [0.1, 0.15) is 19.3 Å². The average Bonchev–Trinajstić information content (AvgIpc) is 3.14. The maximum atomic E-state index is 13.1. The first-order chi connectivity index (χ1) is 11.3. The van der Waals surface area contributed by atoms with Crippen molar-refractivity contribution in [2.24, 2.45) is 0 Å². The van der Waals surface area contributed by atoms with Gasteiger partial charge in [0, 0.05) is 19.2 Å². The van der Waals surface area contributed by atoms with Crippen LogP contribution in [0, 0.1) is 0 Å². The molecule has 0 aliphatic carbocycles. The highest BCUT2D eigenvalue weighted by Crippen LogP contribution is 2.30. The number of hydrogen-bond acceptors (Lipinski definition) is 5. The molecule has 2 aliphatic rings. The minimum Gasteiger partial charge on any atom is -0.377 e. The molecule has 1 aromatic rings. The third-order valence-corrected chi connectivity index (χ3v) is 8.62. The first-order valence-electron chi connectivity index (χ1n) is 7.88. The molecule has 2 aliphatic heterocycles. The molecule has 3 rings (SSSR count). The molecule has 24 heavy (non-hydrogen) atoms. The summed E-state index contributed by atoms with van der Waals surface area (Å²) >= 11 is 6.08. The van der Waals surface area contributed by atoms with E-state index in [2.05, 4.69) is 0 Å². The second kappa shape index (κ2) is 6.92. The number of sulfone groups is 1. The summed E-state index contributed by atoms with van der Waals surface area (Å²) in [5.41, 5.74) is 0. The molecule has 0 radical (unpaired) electrons. The van der Waals surface area contributed by atoms with Gasteiger partial charge in [0.2, 0.25) is 10.0 Å². The van der Waals surface area contributed by atoms with Crippen molar-refractivity contribution in [3.05, 3.63) is 29.3 Å². The van der Waals surface area contributed by atoms with Crippen molar-refractivity contribution >= 4 is 31.5 Å². The van der Waals surface area contributed by atoms with Gasteiger partial charge in [0.1, 0.15) is 4.90 Å². The zero-order chi connectivity index (χ0) is 17.4. The molecule has 9 heteroatoms. The second-order valence-electron chi connectivity index (χ2n) is 6.20. The zero-order valence-electron chi connectivity index (χ0n) is 13.1. The Morgan fingerprint density at radius 1 is 1.25 bits per heavy atom. The van der Waals surface area contributed by atoms with Crippen LogP contribution in [0.5, 0.6) is 0 Å². The summed E-state index contributed by atoms with van der Waals surface area (Å²) in [6.45, 7) is 0.765. The number of halogens is 1. The van der Waals surface area contributed by atoms with Crippen LogP contribution in [0.4, 0.5) is 0 Å².